The summed E-state index contributed by atoms with van der Waals surface area (Å²) in [4.78, 5) is 41.6. The van der Waals surface area contributed by atoms with Crippen molar-refractivity contribution in [2.24, 2.45) is 0 Å². The Kier molecular flexibility index (Phi) is 9.87. The Morgan fingerprint density at radius 1 is 0.646 bits per heavy atom. The SMILES string of the molecule is COC(=O)CCC1=C(C)c2cc3[nH]c(cc4[nH]c(cc5nc(cc1n2)C(CCC(=O)OC)=C5C)/c(=C(\C)NO)c4C)/c(=C(\C)NO)c3C. The molecule has 3 aromatic heterocycles. The molecule has 2 aliphatic rings. The molecule has 0 radical (unpaired) electrons. The third-order valence-electron chi connectivity index (χ3n) is 9.23. The number of hydrogen-bond donors (Lipinski definition) is 6. The van der Waals surface area contributed by atoms with Gasteiger partial charge in [0.25, 0.3) is 0 Å². The topological polar surface area (TPSA) is 174 Å². The van der Waals surface area contributed by atoms with Crippen LogP contribution in [0.1, 0.15) is 87.3 Å². The third kappa shape index (κ3) is 6.36. The Bertz CT molecular complexity index is 2190. The fourth-order valence-electron chi connectivity index (χ4n) is 6.47. The summed E-state index contributed by atoms with van der Waals surface area (Å²) in [6.07, 6.45) is 1.17. The highest BCUT2D eigenvalue weighted by molar-refractivity contribution is 5.96. The maximum atomic E-state index is 12.2. The highest BCUT2D eigenvalue weighted by atomic mass is 16.5. The number of fused-ring (bicyclic) bond motifs is 8. The highest BCUT2D eigenvalue weighted by Gasteiger charge is 2.23. The first kappa shape index (κ1) is 34.1. The Labute approximate surface area is 277 Å². The van der Waals surface area contributed by atoms with Crippen LogP contribution in [0.15, 0.2) is 24.3 Å². The minimum atomic E-state index is -0.325. The maximum absolute atomic E-state index is 12.2. The largest absolute Gasteiger partial charge is 0.469 e. The van der Waals surface area contributed by atoms with Crippen LogP contribution in [0.4, 0.5) is 0 Å². The molecule has 3 aromatic rings. The fraction of sp³-hybridized carbons (Fsp3) is 0.333. The van der Waals surface area contributed by atoms with Crippen molar-refractivity contribution >= 4 is 67.7 Å². The Hall–Kier alpha value is -5.20. The number of rotatable bonds is 8. The van der Waals surface area contributed by atoms with Gasteiger partial charge in [0.1, 0.15) is 0 Å². The van der Waals surface area contributed by atoms with Crippen LogP contribution in [0.2, 0.25) is 0 Å². The van der Waals surface area contributed by atoms with Crippen LogP contribution in [0.3, 0.4) is 0 Å². The van der Waals surface area contributed by atoms with Gasteiger partial charge in [-0.3, -0.25) is 31.0 Å². The molecular weight excluding hydrogens is 612 g/mol. The zero-order valence-corrected chi connectivity index (χ0v) is 28.6. The number of methoxy groups -OCH3 is 2. The average Bonchev–Trinajstić information content (AvgIpc) is 3.74. The first-order chi connectivity index (χ1) is 22.9. The van der Waals surface area contributed by atoms with E-state index in [0.717, 1.165) is 71.6 Å². The van der Waals surface area contributed by atoms with Crippen molar-refractivity contribution < 1.29 is 29.5 Å². The van der Waals surface area contributed by atoms with E-state index in [9.17, 15) is 20.0 Å². The van der Waals surface area contributed by atoms with Gasteiger partial charge in [0.2, 0.25) is 0 Å². The van der Waals surface area contributed by atoms with Crippen molar-refractivity contribution in [2.75, 3.05) is 14.2 Å². The molecule has 6 N–H and O–H groups in total. The lowest BCUT2D eigenvalue weighted by Gasteiger charge is -2.06. The number of H-pyrrole nitrogens is 2. The van der Waals surface area contributed by atoms with Gasteiger partial charge >= 0.3 is 11.9 Å². The minimum Gasteiger partial charge on any atom is -0.469 e. The zero-order valence-electron chi connectivity index (χ0n) is 28.6. The summed E-state index contributed by atoms with van der Waals surface area (Å²) in [5.41, 5.74) is 16.9. The summed E-state index contributed by atoms with van der Waals surface area (Å²) in [5.74, 6) is -0.648. The molecule has 8 bridgehead atoms. The molecule has 0 aliphatic carbocycles. The number of carbonyl (C=O) groups excluding carboxylic acids is 2. The number of hydrogen-bond acceptors (Lipinski definition) is 10. The van der Waals surface area contributed by atoms with E-state index in [1.54, 1.807) is 13.8 Å². The van der Waals surface area contributed by atoms with Crippen molar-refractivity contribution in [3.63, 3.8) is 0 Å². The number of aromatic amines is 2. The molecule has 0 unspecified atom stereocenters. The van der Waals surface area contributed by atoms with Gasteiger partial charge in [0.15, 0.2) is 0 Å². The number of nitrogens with zero attached hydrogens (tertiary/aromatic N) is 2. The lowest BCUT2D eigenvalue weighted by atomic mass is 9.98. The van der Waals surface area contributed by atoms with Gasteiger partial charge in [0.05, 0.1) is 48.0 Å². The van der Waals surface area contributed by atoms with Crippen LogP contribution in [-0.4, -0.2) is 56.5 Å². The summed E-state index contributed by atoms with van der Waals surface area (Å²) < 4.78 is 9.88. The first-order valence-electron chi connectivity index (χ1n) is 15.7. The number of ether oxygens (including phenoxy) is 2. The van der Waals surface area contributed by atoms with E-state index in [1.807, 2.05) is 52.0 Å². The standard InChI is InChI=1S/C36H42N6O6/c1-17-23(9-11-33(43)47-7)29-16-30-24(10-12-34(44)48-8)18(2)26(38-30)14-31-36(22(6)42-46)20(4)28(40-31)15-32-35(21(5)41-45)19(3)27(39-32)13-25(17)37-29/h13-16,39-42,45-46H,9-12H2,1-8H3/b25-13?,30-16?,31-14?,32-15?,35-21+,36-22+. The summed E-state index contributed by atoms with van der Waals surface area (Å²) in [7, 11) is 2.74. The number of esters is 2. The fourth-order valence-corrected chi connectivity index (χ4v) is 6.47. The molecule has 2 aliphatic heterocycles. The molecule has 0 saturated carbocycles. The van der Waals surface area contributed by atoms with Crippen LogP contribution >= 0.6 is 0 Å². The number of aryl methyl sites for hydroxylation is 2. The van der Waals surface area contributed by atoms with Crippen LogP contribution in [0.5, 0.6) is 0 Å². The van der Waals surface area contributed by atoms with Crippen LogP contribution in [0, 0.1) is 13.8 Å². The molecule has 5 rings (SSSR count). The van der Waals surface area contributed by atoms with Gasteiger partial charge in [-0.25, -0.2) is 9.97 Å². The van der Waals surface area contributed by atoms with Crippen molar-refractivity contribution in [3.05, 3.63) is 68.6 Å². The third-order valence-corrected chi connectivity index (χ3v) is 9.23. The van der Waals surface area contributed by atoms with Crippen LogP contribution in [-0.2, 0) is 19.1 Å². The van der Waals surface area contributed by atoms with Crippen molar-refractivity contribution in [1.29, 1.82) is 0 Å². The normalized spacial score (nSPS) is 14.2. The van der Waals surface area contributed by atoms with E-state index in [0.29, 0.717) is 41.3 Å². The maximum Gasteiger partial charge on any atom is 0.305 e. The van der Waals surface area contributed by atoms with Gasteiger partial charge in [0, 0.05) is 45.7 Å². The van der Waals surface area contributed by atoms with Gasteiger partial charge in [-0.1, -0.05) is 0 Å². The van der Waals surface area contributed by atoms with Crippen molar-refractivity contribution in [1.82, 2.24) is 30.9 Å². The Morgan fingerprint density at radius 2 is 1.04 bits per heavy atom. The number of carbonyl (C=O) groups is 2. The number of aromatic nitrogens is 4. The number of nitrogens with one attached hydrogen (secondary N) is 4. The summed E-state index contributed by atoms with van der Waals surface area (Å²) in [5, 5.41) is 21.5. The molecule has 0 atom stereocenters. The Balaban J connectivity index is 1.98. The predicted molar refractivity (Wildman–Crippen MR) is 185 cm³/mol. The molecule has 0 aromatic carbocycles. The number of hydroxylamine groups is 2. The van der Waals surface area contributed by atoms with Crippen LogP contribution in [0.25, 0.3) is 55.8 Å². The second-order valence-corrected chi connectivity index (χ2v) is 12.1. The quantitative estimate of drug-likeness (QED) is 0.145. The molecule has 252 valence electrons. The van der Waals surface area contributed by atoms with Crippen molar-refractivity contribution in [2.45, 2.75) is 67.2 Å². The molecule has 12 heteroatoms. The second-order valence-electron chi connectivity index (χ2n) is 12.1. The zero-order chi connectivity index (χ0) is 34.9. The van der Waals surface area contributed by atoms with E-state index < -0.39 is 0 Å². The molecule has 5 heterocycles. The predicted octanol–water partition coefficient (Wildman–Crippen LogP) is 4.91. The molecule has 12 nitrogen and oxygen atoms in total. The van der Waals surface area contributed by atoms with Gasteiger partial charge in [-0.05, 0) is 112 Å². The average molecular weight is 655 g/mol. The first-order valence-corrected chi connectivity index (χ1v) is 15.7. The highest BCUT2D eigenvalue weighted by Crippen LogP contribution is 2.37. The van der Waals surface area contributed by atoms with Crippen LogP contribution < -0.4 is 21.4 Å². The summed E-state index contributed by atoms with van der Waals surface area (Å²) in [6, 6.07) is 7.78. The van der Waals surface area contributed by atoms with E-state index in [-0.39, 0.29) is 24.8 Å². The Morgan fingerprint density at radius 3 is 1.46 bits per heavy atom. The molecule has 0 spiro atoms. The summed E-state index contributed by atoms with van der Waals surface area (Å²) >= 11 is 0. The molecular formula is C36H42N6O6. The smallest absolute Gasteiger partial charge is 0.305 e. The summed E-state index contributed by atoms with van der Waals surface area (Å²) in [6.45, 7) is 11.5. The van der Waals surface area contributed by atoms with Crippen molar-refractivity contribution in [3.8, 4) is 0 Å². The van der Waals surface area contributed by atoms with E-state index in [1.165, 1.54) is 14.2 Å². The monoisotopic (exact) mass is 654 g/mol. The van der Waals surface area contributed by atoms with E-state index >= 15 is 0 Å². The van der Waals surface area contributed by atoms with Gasteiger partial charge in [-0.2, -0.15) is 0 Å². The molecule has 0 saturated heterocycles. The van der Waals surface area contributed by atoms with Gasteiger partial charge < -0.3 is 19.4 Å². The molecule has 48 heavy (non-hydrogen) atoms. The van der Waals surface area contributed by atoms with E-state index in [4.69, 9.17) is 19.4 Å². The number of allylic oxidation sites excluding steroid dienone is 4. The molecule has 0 fully saturated rings. The lowest BCUT2D eigenvalue weighted by molar-refractivity contribution is -0.141. The second kappa shape index (κ2) is 13.9. The minimum absolute atomic E-state index is 0.175. The lowest BCUT2D eigenvalue weighted by Crippen LogP contribution is -2.16. The van der Waals surface area contributed by atoms with E-state index in [2.05, 4.69) is 20.9 Å². The van der Waals surface area contributed by atoms with Gasteiger partial charge in [-0.15, -0.1) is 0 Å². The molecule has 0 amide bonds.